The SMILES string of the molecule is Cc1ccc(C[N+](C)(C)CC(O)COCCOc2ccc(C(C)(C)C)cc2C(C)(C)C)cc1. The fraction of sp³-hybridized carbons (Fsp3) is 0.586. The second kappa shape index (κ2) is 11.0. The Bertz CT molecular complexity index is 873. The van der Waals surface area contributed by atoms with Crippen molar-refractivity contribution in [1.29, 1.82) is 0 Å². The van der Waals surface area contributed by atoms with E-state index in [0.29, 0.717) is 30.8 Å². The minimum Gasteiger partial charge on any atom is -0.491 e. The molecule has 0 amide bonds. The zero-order valence-electron chi connectivity index (χ0n) is 22.4. The summed E-state index contributed by atoms with van der Waals surface area (Å²) in [7, 11) is 4.28. The Hall–Kier alpha value is -1.88. The molecule has 33 heavy (non-hydrogen) atoms. The van der Waals surface area contributed by atoms with E-state index in [9.17, 15) is 5.11 Å². The van der Waals surface area contributed by atoms with Crippen molar-refractivity contribution in [3.63, 3.8) is 0 Å². The van der Waals surface area contributed by atoms with E-state index in [-0.39, 0.29) is 10.8 Å². The number of likely N-dealkylation sites (N-methyl/N-ethyl adjacent to an activating group) is 1. The van der Waals surface area contributed by atoms with Crippen LogP contribution >= 0.6 is 0 Å². The van der Waals surface area contributed by atoms with Gasteiger partial charge in [-0.1, -0.05) is 83.5 Å². The lowest BCUT2D eigenvalue weighted by molar-refractivity contribution is -0.906. The molecule has 0 aliphatic heterocycles. The minimum atomic E-state index is -0.512. The molecule has 0 fully saturated rings. The molecule has 4 nitrogen and oxygen atoms in total. The molecular formula is C29H46NO3+. The molecule has 0 aliphatic carbocycles. The lowest BCUT2D eigenvalue weighted by Crippen LogP contribution is -2.46. The summed E-state index contributed by atoms with van der Waals surface area (Å²) < 4.78 is 12.5. The van der Waals surface area contributed by atoms with Crippen molar-refractivity contribution in [2.45, 2.75) is 71.9 Å². The molecule has 2 aromatic carbocycles. The molecule has 0 spiro atoms. The fourth-order valence-corrected chi connectivity index (χ4v) is 4.01. The van der Waals surface area contributed by atoms with Crippen LogP contribution in [0.15, 0.2) is 42.5 Å². The Morgan fingerprint density at radius 3 is 2.09 bits per heavy atom. The van der Waals surface area contributed by atoms with Crippen LogP contribution in [0.3, 0.4) is 0 Å². The average molecular weight is 457 g/mol. The first kappa shape index (κ1) is 27.4. The van der Waals surface area contributed by atoms with Gasteiger partial charge in [-0.05, 0) is 34.9 Å². The summed E-state index contributed by atoms with van der Waals surface area (Å²) in [5.41, 5.74) is 5.16. The molecule has 1 atom stereocenters. The summed E-state index contributed by atoms with van der Waals surface area (Å²) in [6.07, 6.45) is -0.512. The van der Waals surface area contributed by atoms with Crippen molar-refractivity contribution in [1.82, 2.24) is 0 Å². The van der Waals surface area contributed by atoms with Gasteiger partial charge in [0, 0.05) is 5.56 Å². The van der Waals surface area contributed by atoms with Gasteiger partial charge >= 0.3 is 0 Å². The Kier molecular flexibility index (Phi) is 9.15. The third-order valence-electron chi connectivity index (χ3n) is 5.89. The second-order valence-corrected chi connectivity index (χ2v) is 12.1. The fourth-order valence-electron chi connectivity index (χ4n) is 4.01. The number of aliphatic hydroxyl groups excluding tert-OH is 1. The maximum atomic E-state index is 10.5. The molecule has 0 heterocycles. The van der Waals surface area contributed by atoms with Crippen molar-refractivity contribution in [3.05, 3.63) is 64.7 Å². The highest BCUT2D eigenvalue weighted by atomic mass is 16.5. The van der Waals surface area contributed by atoms with Crippen molar-refractivity contribution >= 4 is 0 Å². The number of aliphatic hydroxyl groups is 1. The number of benzene rings is 2. The van der Waals surface area contributed by atoms with Crippen LogP contribution in [-0.4, -0.2) is 56.2 Å². The van der Waals surface area contributed by atoms with Gasteiger partial charge in [0.15, 0.2) is 0 Å². The average Bonchev–Trinajstić information content (AvgIpc) is 2.67. The molecule has 1 N–H and O–H groups in total. The Labute approximate surface area is 202 Å². The number of aryl methyl sites for hydroxylation is 1. The smallest absolute Gasteiger partial charge is 0.126 e. The Balaban J connectivity index is 1.82. The van der Waals surface area contributed by atoms with Crippen LogP contribution in [0.1, 0.15) is 63.8 Å². The maximum Gasteiger partial charge on any atom is 0.126 e. The summed E-state index contributed by atoms with van der Waals surface area (Å²) in [5.74, 6) is 0.913. The topological polar surface area (TPSA) is 38.7 Å². The second-order valence-electron chi connectivity index (χ2n) is 12.1. The quantitative estimate of drug-likeness (QED) is 0.372. The molecule has 0 saturated heterocycles. The van der Waals surface area contributed by atoms with E-state index >= 15 is 0 Å². The molecule has 1 unspecified atom stereocenters. The molecule has 0 radical (unpaired) electrons. The Morgan fingerprint density at radius 1 is 0.879 bits per heavy atom. The van der Waals surface area contributed by atoms with Crippen LogP contribution < -0.4 is 4.74 Å². The maximum absolute atomic E-state index is 10.5. The number of ether oxygens (including phenoxy) is 2. The number of quaternary nitrogens is 1. The number of hydrogen-bond acceptors (Lipinski definition) is 3. The van der Waals surface area contributed by atoms with Gasteiger partial charge in [-0.15, -0.1) is 0 Å². The van der Waals surface area contributed by atoms with Gasteiger partial charge in [-0.3, -0.25) is 0 Å². The predicted molar refractivity (Wildman–Crippen MR) is 138 cm³/mol. The van der Waals surface area contributed by atoms with Crippen molar-refractivity contribution in [2.24, 2.45) is 0 Å². The van der Waals surface area contributed by atoms with E-state index in [4.69, 9.17) is 9.47 Å². The molecular weight excluding hydrogens is 410 g/mol. The van der Waals surface area contributed by atoms with Crippen molar-refractivity contribution in [2.75, 3.05) is 40.5 Å². The number of hydrogen-bond donors (Lipinski definition) is 1. The lowest BCUT2D eigenvalue weighted by atomic mass is 9.80. The number of rotatable bonds is 10. The first-order valence-corrected chi connectivity index (χ1v) is 12.1. The third-order valence-corrected chi connectivity index (χ3v) is 5.89. The molecule has 2 rings (SSSR count). The summed E-state index contributed by atoms with van der Waals surface area (Å²) in [6.45, 7) is 18.2. The monoisotopic (exact) mass is 456 g/mol. The molecule has 4 heteroatoms. The van der Waals surface area contributed by atoms with E-state index in [1.54, 1.807) is 0 Å². The predicted octanol–water partition coefficient (Wildman–Crippen LogP) is 5.62. The zero-order valence-corrected chi connectivity index (χ0v) is 22.4. The molecule has 0 bridgehead atoms. The van der Waals surface area contributed by atoms with E-state index in [2.05, 4.69) is 105 Å². The van der Waals surface area contributed by atoms with E-state index < -0.39 is 6.10 Å². The van der Waals surface area contributed by atoms with E-state index in [0.717, 1.165) is 12.3 Å². The molecule has 0 aliphatic rings. The van der Waals surface area contributed by atoms with Crippen LogP contribution in [-0.2, 0) is 22.1 Å². The van der Waals surface area contributed by atoms with Crippen molar-refractivity contribution < 1.29 is 19.1 Å². The molecule has 2 aromatic rings. The molecule has 0 aromatic heterocycles. The highest BCUT2D eigenvalue weighted by molar-refractivity contribution is 5.43. The Morgan fingerprint density at radius 2 is 1.52 bits per heavy atom. The zero-order chi connectivity index (χ0) is 24.9. The first-order valence-electron chi connectivity index (χ1n) is 12.1. The van der Waals surface area contributed by atoms with Crippen molar-refractivity contribution in [3.8, 4) is 5.75 Å². The largest absolute Gasteiger partial charge is 0.491 e. The first-order chi connectivity index (χ1) is 15.2. The van der Waals surface area contributed by atoms with Crippen LogP contribution in [0.2, 0.25) is 0 Å². The summed E-state index contributed by atoms with van der Waals surface area (Å²) in [4.78, 5) is 0. The van der Waals surface area contributed by atoms with Crippen LogP contribution in [0.4, 0.5) is 0 Å². The highest BCUT2D eigenvalue weighted by Crippen LogP contribution is 2.35. The van der Waals surface area contributed by atoms with Gasteiger partial charge in [-0.2, -0.15) is 0 Å². The highest BCUT2D eigenvalue weighted by Gasteiger charge is 2.24. The summed E-state index contributed by atoms with van der Waals surface area (Å²) >= 11 is 0. The van der Waals surface area contributed by atoms with Gasteiger partial charge in [-0.25, -0.2) is 0 Å². The van der Waals surface area contributed by atoms with Crippen LogP contribution in [0.5, 0.6) is 5.75 Å². The molecule has 184 valence electrons. The van der Waals surface area contributed by atoms with Crippen LogP contribution in [0, 0.1) is 6.92 Å². The normalized spacial score (nSPS) is 13.8. The van der Waals surface area contributed by atoms with Gasteiger partial charge in [0.25, 0.3) is 0 Å². The van der Waals surface area contributed by atoms with E-state index in [1.165, 1.54) is 22.3 Å². The van der Waals surface area contributed by atoms with Gasteiger partial charge in [0.1, 0.15) is 31.5 Å². The van der Waals surface area contributed by atoms with E-state index in [1.807, 2.05) is 0 Å². The standard InChI is InChI=1S/C29H46NO3/c1-22-10-12-23(13-11-22)19-30(8,9)20-25(31)21-32-16-17-33-27-15-14-24(28(2,3)4)18-26(27)29(5,6)7/h10-15,18,25,31H,16-17,19-21H2,1-9H3/q+1. The summed E-state index contributed by atoms with van der Waals surface area (Å²) in [5, 5.41) is 10.5. The van der Waals surface area contributed by atoms with Crippen LogP contribution in [0.25, 0.3) is 0 Å². The molecule has 0 saturated carbocycles. The van der Waals surface area contributed by atoms with Gasteiger partial charge in [0.2, 0.25) is 0 Å². The number of nitrogens with zero attached hydrogens (tertiary/aromatic N) is 1. The summed E-state index contributed by atoms with van der Waals surface area (Å²) in [6, 6.07) is 15.1. The van der Waals surface area contributed by atoms with Gasteiger partial charge in [0.05, 0.1) is 27.3 Å². The van der Waals surface area contributed by atoms with Gasteiger partial charge < -0.3 is 19.1 Å². The third kappa shape index (κ3) is 9.11. The minimum absolute atomic E-state index is 0.00536. The lowest BCUT2D eigenvalue weighted by Gasteiger charge is -2.32.